The van der Waals surface area contributed by atoms with Gasteiger partial charge in [-0.15, -0.1) is 11.6 Å². The second-order valence-corrected chi connectivity index (χ2v) is 4.21. The Bertz CT molecular complexity index is 452. The van der Waals surface area contributed by atoms with E-state index in [2.05, 4.69) is 24.4 Å². The molecule has 1 atom stereocenters. The van der Waals surface area contributed by atoms with Gasteiger partial charge in [-0.3, -0.25) is 0 Å². The summed E-state index contributed by atoms with van der Waals surface area (Å²) >= 11 is 5.91. The first-order valence-corrected chi connectivity index (χ1v) is 6.12. The minimum absolute atomic E-state index is 0.344. The van der Waals surface area contributed by atoms with Crippen molar-refractivity contribution in [2.45, 2.75) is 19.4 Å². The van der Waals surface area contributed by atoms with Crippen molar-refractivity contribution in [3.05, 3.63) is 36.1 Å². The van der Waals surface area contributed by atoms with Crippen LogP contribution in [0.25, 0.3) is 11.0 Å². The van der Waals surface area contributed by atoms with Crippen molar-refractivity contribution >= 4 is 22.6 Å². The van der Waals surface area contributed by atoms with Crippen LogP contribution in [0.5, 0.6) is 0 Å². The van der Waals surface area contributed by atoms with Crippen molar-refractivity contribution in [2.75, 3.05) is 12.4 Å². The summed E-state index contributed by atoms with van der Waals surface area (Å²) in [5.74, 6) is 0.636. The maximum absolute atomic E-state index is 5.91. The third-order valence-corrected chi connectivity index (χ3v) is 3.05. The van der Waals surface area contributed by atoms with Crippen LogP contribution in [-0.2, 0) is 6.42 Å². The molecule has 3 heteroatoms. The van der Waals surface area contributed by atoms with Crippen LogP contribution >= 0.6 is 11.6 Å². The van der Waals surface area contributed by atoms with Crippen LogP contribution in [0.1, 0.15) is 12.5 Å². The van der Waals surface area contributed by atoms with Gasteiger partial charge in [-0.2, -0.15) is 0 Å². The largest absolute Gasteiger partial charge is 0.464 e. The maximum Gasteiger partial charge on any atom is 0.133 e. The number of alkyl halides is 1. The molecule has 16 heavy (non-hydrogen) atoms. The molecular weight excluding hydrogens is 222 g/mol. The monoisotopic (exact) mass is 237 g/mol. The SMILES string of the molecule is CCNC(CCl)Cc1ccc2occc2c1. The second-order valence-electron chi connectivity index (χ2n) is 3.91. The summed E-state index contributed by atoms with van der Waals surface area (Å²) in [7, 11) is 0. The lowest BCUT2D eigenvalue weighted by Crippen LogP contribution is -2.32. The smallest absolute Gasteiger partial charge is 0.133 e. The number of fused-ring (bicyclic) bond motifs is 1. The van der Waals surface area contributed by atoms with Crippen molar-refractivity contribution < 1.29 is 4.42 Å². The van der Waals surface area contributed by atoms with Crippen molar-refractivity contribution in [1.82, 2.24) is 5.32 Å². The summed E-state index contributed by atoms with van der Waals surface area (Å²) in [5, 5.41) is 4.52. The number of nitrogens with one attached hydrogen (secondary N) is 1. The number of halogens is 1. The van der Waals surface area contributed by atoms with E-state index in [0.29, 0.717) is 11.9 Å². The molecular formula is C13H16ClNO. The first kappa shape index (κ1) is 11.5. The fourth-order valence-corrected chi connectivity index (χ4v) is 2.12. The third kappa shape index (κ3) is 2.57. The van der Waals surface area contributed by atoms with Crippen molar-refractivity contribution in [3.63, 3.8) is 0 Å². The molecule has 0 aliphatic rings. The van der Waals surface area contributed by atoms with E-state index in [1.165, 1.54) is 5.56 Å². The Morgan fingerprint density at radius 2 is 2.25 bits per heavy atom. The highest BCUT2D eigenvalue weighted by Gasteiger charge is 2.07. The Kier molecular flexibility index (Phi) is 3.86. The van der Waals surface area contributed by atoms with E-state index in [0.717, 1.165) is 23.9 Å². The molecule has 0 bridgehead atoms. The fraction of sp³-hybridized carbons (Fsp3) is 0.385. The predicted molar refractivity (Wildman–Crippen MR) is 68.1 cm³/mol. The van der Waals surface area contributed by atoms with E-state index in [-0.39, 0.29) is 0 Å². The van der Waals surface area contributed by atoms with Gasteiger partial charge in [0.2, 0.25) is 0 Å². The molecule has 0 spiro atoms. The summed E-state index contributed by atoms with van der Waals surface area (Å²) in [6.45, 7) is 3.05. The van der Waals surface area contributed by atoms with Crippen LogP contribution in [0.2, 0.25) is 0 Å². The summed E-state index contributed by atoms with van der Waals surface area (Å²) in [5.41, 5.74) is 2.23. The second kappa shape index (κ2) is 5.37. The lowest BCUT2D eigenvalue weighted by atomic mass is 10.1. The van der Waals surface area contributed by atoms with Gasteiger partial charge in [-0.1, -0.05) is 13.0 Å². The summed E-state index contributed by atoms with van der Waals surface area (Å²) in [4.78, 5) is 0. The number of furan rings is 1. The molecule has 0 radical (unpaired) electrons. The normalized spacial score (nSPS) is 13.1. The lowest BCUT2D eigenvalue weighted by Gasteiger charge is -2.14. The Labute approximate surface area is 101 Å². The molecule has 1 aromatic carbocycles. The summed E-state index contributed by atoms with van der Waals surface area (Å²) in [6.07, 6.45) is 2.68. The summed E-state index contributed by atoms with van der Waals surface area (Å²) < 4.78 is 5.31. The van der Waals surface area contributed by atoms with Crippen molar-refractivity contribution in [1.29, 1.82) is 0 Å². The zero-order chi connectivity index (χ0) is 11.4. The quantitative estimate of drug-likeness (QED) is 0.808. The average molecular weight is 238 g/mol. The highest BCUT2D eigenvalue weighted by Crippen LogP contribution is 2.18. The Morgan fingerprint density at radius 3 is 3.00 bits per heavy atom. The predicted octanol–water partition coefficient (Wildman–Crippen LogP) is 3.19. The van der Waals surface area contributed by atoms with Crippen molar-refractivity contribution in [3.8, 4) is 0 Å². The highest BCUT2D eigenvalue weighted by molar-refractivity contribution is 6.18. The standard InChI is InChI=1S/C13H16ClNO/c1-2-15-12(9-14)8-10-3-4-13-11(7-10)5-6-16-13/h3-7,12,15H,2,8-9H2,1H3. The number of benzene rings is 1. The fourth-order valence-electron chi connectivity index (χ4n) is 1.90. The van der Waals surface area contributed by atoms with Crippen LogP contribution in [0.4, 0.5) is 0 Å². The van der Waals surface area contributed by atoms with Crippen LogP contribution in [0.3, 0.4) is 0 Å². The van der Waals surface area contributed by atoms with E-state index < -0.39 is 0 Å². The molecule has 0 fully saturated rings. The maximum atomic E-state index is 5.91. The van der Waals surface area contributed by atoms with Gasteiger partial charge < -0.3 is 9.73 Å². The molecule has 2 rings (SSSR count). The van der Waals surface area contributed by atoms with Crippen LogP contribution in [0.15, 0.2) is 34.9 Å². The van der Waals surface area contributed by atoms with Crippen molar-refractivity contribution in [2.24, 2.45) is 0 Å². The molecule has 1 aromatic heterocycles. The average Bonchev–Trinajstić information content (AvgIpc) is 2.75. The van der Waals surface area contributed by atoms with E-state index in [1.54, 1.807) is 6.26 Å². The molecule has 2 nitrogen and oxygen atoms in total. The summed E-state index contributed by atoms with van der Waals surface area (Å²) in [6, 6.07) is 8.61. The van der Waals surface area contributed by atoms with Gasteiger partial charge in [0.05, 0.1) is 6.26 Å². The van der Waals surface area contributed by atoms with E-state index in [9.17, 15) is 0 Å². The number of likely N-dealkylation sites (N-methyl/N-ethyl adjacent to an activating group) is 1. The number of hydrogen-bond donors (Lipinski definition) is 1. The number of rotatable bonds is 5. The lowest BCUT2D eigenvalue weighted by molar-refractivity contribution is 0.570. The highest BCUT2D eigenvalue weighted by atomic mass is 35.5. The zero-order valence-corrected chi connectivity index (χ0v) is 10.1. The van der Waals surface area contributed by atoms with Gasteiger partial charge in [0.1, 0.15) is 5.58 Å². The Morgan fingerprint density at radius 1 is 1.38 bits per heavy atom. The third-order valence-electron chi connectivity index (χ3n) is 2.68. The molecule has 0 aliphatic heterocycles. The molecule has 0 aliphatic carbocycles. The molecule has 0 amide bonds. The molecule has 1 N–H and O–H groups in total. The van der Waals surface area contributed by atoms with E-state index >= 15 is 0 Å². The van der Waals surface area contributed by atoms with Gasteiger partial charge in [-0.05, 0) is 36.7 Å². The van der Waals surface area contributed by atoms with Gasteiger partial charge in [0.15, 0.2) is 0 Å². The molecule has 0 saturated heterocycles. The van der Waals surface area contributed by atoms with E-state index in [1.807, 2.05) is 12.1 Å². The first-order valence-electron chi connectivity index (χ1n) is 5.59. The Hall–Kier alpha value is -0.990. The van der Waals surface area contributed by atoms with E-state index in [4.69, 9.17) is 16.0 Å². The van der Waals surface area contributed by atoms with Crippen LogP contribution < -0.4 is 5.32 Å². The van der Waals surface area contributed by atoms with Crippen LogP contribution in [0, 0.1) is 0 Å². The molecule has 1 heterocycles. The van der Waals surface area contributed by atoms with Gasteiger partial charge in [-0.25, -0.2) is 0 Å². The van der Waals surface area contributed by atoms with Gasteiger partial charge >= 0.3 is 0 Å². The number of hydrogen-bond acceptors (Lipinski definition) is 2. The van der Waals surface area contributed by atoms with Gasteiger partial charge in [0.25, 0.3) is 0 Å². The Balaban J connectivity index is 2.13. The zero-order valence-electron chi connectivity index (χ0n) is 9.37. The molecule has 86 valence electrons. The van der Waals surface area contributed by atoms with Gasteiger partial charge in [0, 0.05) is 17.3 Å². The molecule has 0 saturated carbocycles. The minimum atomic E-state index is 0.344. The minimum Gasteiger partial charge on any atom is -0.464 e. The first-order chi connectivity index (χ1) is 7.83. The molecule has 2 aromatic rings. The topological polar surface area (TPSA) is 25.2 Å². The molecule has 1 unspecified atom stereocenters. The van der Waals surface area contributed by atoms with Crippen LogP contribution in [-0.4, -0.2) is 18.5 Å².